The fourth-order valence-corrected chi connectivity index (χ4v) is 2.15. The van der Waals surface area contributed by atoms with Crippen molar-refractivity contribution in [2.45, 2.75) is 0 Å². The van der Waals surface area contributed by atoms with Gasteiger partial charge >= 0.3 is 0 Å². The first kappa shape index (κ1) is 12.6. The van der Waals surface area contributed by atoms with Crippen LogP contribution in [0.25, 0.3) is 6.08 Å². The number of aromatic hydroxyl groups is 1. The molecule has 3 rings (SSSR count). The lowest BCUT2D eigenvalue weighted by Gasteiger charge is -2.01. The SMILES string of the molecule is Nc1ccc(C=C2Oc3cc(O)ccc3C2=O)cc1Cl. The number of benzene rings is 2. The van der Waals surface area contributed by atoms with Gasteiger partial charge in [-0.05, 0) is 35.9 Å². The van der Waals surface area contributed by atoms with E-state index in [9.17, 15) is 9.90 Å². The van der Waals surface area contributed by atoms with Gasteiger partial charge in [0.1, 0.15) is 11.5 Å². The van der Waals surface area contributed by atoms with Crippen molar-refractivity contribution in [1.29, 1.82) is 0 Å². The van der Waals surface area contributed by atoms with Crippen molar-refractivity contribution in [3.8, 4) is 11.5 Å². The fourth-order valence-electron chi connectivity index (χ4n) is 1.96. The monoisotopic (exact) mass is 287 g/mol. The Balaban J connectivity index is 1.99. The summed E-state index contributed by atoms with van der Waals surface area (Å²) in [6.45, 7) is 0. The third kappa shape index (κ3) is 2.10. The van der Waals surface area contributed by atoms with Gasteiger partial charge in [-0.2, -0.15) is 0 Å². The summed E-state index contributed by atoms with van der Waals surface area (Å²) in [6, 6.07) is 9.44. The summed E-state index contributed by atoms with van der Waals surface area (Å²) < 4.78 is 5.45. The van der Waals surface area contributed by atoms with E-state index in [1.807, 2.05) is 0 Å². The van der Waals surface area contributed by atoms with E-state index >= 15 is 0 Å². The Morgan fingerprint density at radius 3 is 2.75 bits per heavy atom. The van der Waals surface area contributed by atoms with E-state index < -0.39 is 0 Å². The molecule has 4 nitrogen and oxygen atoms in total. The van der Waals surface area contributed by atoms with Crippen molar-refractivity contribution in [3.63, 3.8) is 0 Å². The zero-order valence-corrected chi connectivity index (χ0v) is 11.0. The molecule has 1 aliphatic heterocycles. The topological polar surface area (TPSA) is 72.6 Å². The van der Waals surface area contributed by atoms with E-state index in [-0.39, 0.29) is 17.3 Å². The van der Waals surface area contributed by atoms with Gasteiger partial charge in [0.15, 0.2) is 5.76 Å². The number of carbonyl (C=O) groups excluding carboxylic acids is 1. The van der Waals surface area contributed by atoms with Gasteiger partial charge in [-0.3, -0.25) is 4.79 Å². The normalized spacial score (nSPS) is 15.2. The van der Waals surface area contributed by atoms with Gasteiger partial charge in [0.25, 0.3) is 0 Å². The Morgan fingerprint density at radius 2 is 2.00 bits per heavy atom. The minimum Gasteiger partial charge on any atom is -0.508 e. The van der Waals surface area contributed by atoms with Crippen LogP contribution >= 0.6 is 11.6 Å². The summed E-state index contributed by atoms with van der Waals surface area (Å²) in [6.07, 6.45) is 1.59. The van der Waals surface area contributed by atoms with Gasteiger partial charge in [-0.25, -0.2) is 0 Å². The van der Waals surface area contributed by atoms with Gasteiger partial charge in [-0.15, -0.1) is 0 Å². The van der Waals surface area contributed by atoms with Crippen LogP contribution in [-0.4, -0.2) is 10.9 Å². The van der Waals surface area contributed by atoms with Crippen LogP contribution in [0.3, 0.4) is 0 Å². The fraction of sp³-hybridized carbons (Fsp3) is 0. The van der Waals surface area contributed by atoms with Crippen LogP contribution in [0.1, 0.15) is 15.9 Å². The van der Waals surface area contributed by atoms with Crippen LogP contribution in [0.5, 0.6) is 11.5 Å². The summed E-state index contributed by atoms with van der Waals surface area (Å²) in [7, 11) is 0. The number of carbonyl (C=O) groups is 1. The van der Waals surface area contributed by atoms with E-state index in [0.717, 1.165) is 0 Å². The minimum absolute atomic E-state index is 0.0494. The van der Waals surface area contributed by atoms with Crippen LogP contribution in [-0.2, 0) is 0 Å². The molecule has 0 amide bonds. The van der Waals surface area contributed by atoms with Gasteiger partial charge in [-0.1, -0.05) is 17.7 Å². The van der Waals surface area contributed by atoms with E-state index in [4.69, 9.17) is 22.1 Å². The van der Waals surface area contributed by atoms with E-state index in [1.165, 1.54) is 18.2 Å². The lowest BCUT2D eigenvalue weighted by Crippen LogP contribution is -1.98. The van der Waals surface area contributed by atoms with Gasteiger partial charge in [0, 0.05) is 6.07 Å². The second-order valence-corrected chi connectivity index (χ2v) is 4.81. The molecule has 0 radical (unpaired) electrons. The molecule has 2 aromatic carbocycles. The van der Waals surface area contributed by atoms with Crippen molar-refractivity contribution < 1.29 is 14.6 Å². The maximum atomic E-state index is 12.1. The minimum atomic E-state index is -0.229. The summed E-state index contributed by atoms with van der Waals surface area (Å²) in [5.74, 6) is 0.357. The number of anilines is 1. The highest BCUT2D eigenvalue weighted by Crippen LogP contribution is 2.34. The maximum absolute atomic E-state index is 12.1. The molecule has 0 spiro atoms. The molecule has 0 aromatic heterocycles. The summed E-state index contributed by atoms with van der Waals surface area (Å²) in [4.78, 5) is 12.1. The van der Waals surface area contributed by atoms with Crippen LogP contribution in [0, 0.1) is 0 Å². The summed E-state index contributed by atoms with van der Waals surface area (Å²) in [5, 5.41) is 9.80. The number of phenols is 1. The molecule has 100 valence electrons. The molecule has 0 bridgehead atoms. The number of hydrogen-bond donors (Lipinski definition) is 2. The smallest absolute Gasteiger partial charge is 0.231 e. The molecule has 0 aliphatic carbocycles. The Hall–Kier alpha value is -2.46. The van der Waals surface area contributed by atoms with Crippen molar-refractivity contribution in [2.24, 2.45) is 0 Å². The number of ketones is 1. The van der Waals surface area contributed by atoms with Gasteiger partial charge < -0.3 is 15.6 Å². The number of allylic oxidation sites excluding steroid dienone is 1. The van der Waals surface area contributed by atoms with Crippen molar-refractivity contribution in [2.75, 3.05) is 5.73 Å². The number of halogens is 1. The largest absolute Gasteiger partial charge is 0.508 e. The Morgan fingerprint density at radius 1 is 1.20 bits per heavy atom. The Labute approximate surface area is 120 Å². The highest BCUT2D eigenvalue weighted by molar-refractivity contribution is 6.33. The van der Waals surface area contributed by atoms with Gasteiger partial charge in [0.2, 0.25) is 5.78 Å². The second kappa shape index (κ2) is 4.58. The number of hydrogen-bond acceptors (Lipinski definition) is 4. The van der Waals surface area contributed by atoms with Crippen LogP contribution in [0.4, 0.5) is 5.69 Å². The molecular weight excluding hydrogens is 278 g/mol. The molecule has 3 N–H and O–H groups in total. The molecule has 0 saturated carbocycles. The molecule has 0 unspecified atom stereocenters. The third-order valence-electron chi connectivity index (χ3n) is 2.98. The van der Waals surface area contributed by atoms with Crippen molar-refractivity contribution >= 4 is 29.1 Å². The summed E-state index contributed by atoms with van der Waals surface area (Å²) >= 11 is 5.93. The number of ether oxygens (including phenoxy) is 1. The van der Waals surface area contributed by atoms with Crippen LogP contribution in [0.15, 0.2) is 42.2 Å². The number of nitrogens with two attached hydrogens (primary N) is 1. The van der Waals surface area contributed by atoms with E-state index in [1.54, 1.807) is 24.3 Å². The lowest BCUT2D eigenvalue weighted by molar-refractivity contribution is 0.101. The molecule has 1 heterocycles. The number of phenolic OH excluding ortho intramolecular Hbond substituents is 1. The zero-order chi connectivity index (χ0) is 14.3. The molecular formula is C15H10ClNO3. The maximum Gasteiger partial charge on any atom is 0.231 e. The van der Waals surface area contributed by atoms with E-state index in [0.29, 0.717) is 27.6 Å². The molecule has 0 fully saturated rings. The Kier molecular flexibility index (Phi) is 2.88. The highest BCUT2D eigenvalue weighted by Gasteiger charge is 2.27. The first-order valence-electron chi connectivity index (χ1n) is 5.87. The first-order valence-corrected chi connectivity index (χ1v) is 6.25. The van der Waals surface area contributed by atoms with Crippen molar-refractivity contribution in [3.05, 3.63) is 58.3 Å². The van der Waals surface area contributed by atoms with Crippen molar-refractivity contribution in [1.82, 2.24) is 0 Å². The van der Waals surface area contributed by atoms with Gasteiger partial charge in [0.05, 0.1) is 16.3 Å². The average Bonchev–Trinajstić information content (AvgIpc) is 2.70. The standard InChI is InChI=1S/C15H10ClNO3/c16-11-5-8(1-4-12(11)17)6-14-15(19)10-3-2-9(18)7-13(10)20-14/h1-7,18H,17H2. The zero-order valence-electron chi connectivity index (χ0n) is 10.3. The van der Waals surface area contributed by atoms with Crippen LogP contribution < -0.4 is 10.5 Å². The molecule has 0 saturated heterocycles. The predicted octanol–water partition coefficient (Wildman–Crippen LogP) is 3.24. The Bertz CT molecular complexity index is 753. The number of Topliss-reactive ketones (excluding diaryl/α,β-unsaturated/α-hetero) is 1. The highest BCUT2D eigenvalue weighted by atomic mass is 35.5. The molecule has 0 atom stereocenters. The number of rotatable bonds is 1. The number of fused-ring (bicyclic) bond motifs is 1. The molecule has 1 aliphatic rings. The first-order chi connectivity index (χ1) is 9.54. The second-order valence-electron chi connectivity index (χ2n) is 4.40. The quantitative estimate of drug-likeness (QED) is 0.624. The summed E-state index contributed by atoms with van der Waals surface area (Å²) in [5.41, 5.74) is 7.24. The molecule has 20 heavy (non-hydrogen) atoms. The average molecular weight is 288 g/mol. The van der Waals surface area contributed by atoms with E-state index in [2.05, 4.69) is 0 Å². The van der Waals surface area contributed by atoms with Crippen LogP contribution in [0.2, 0.25) is 5.02 Å². The third-order valence-corrected chi connectivity index (χ3v) is 3.30. The number of nitrogen functional groups attached to an aromatic ring is 1. The lowest BCUT2D eigenvalue weighted by atomic mass is 10.1. The predicted molar refractivity (Wildman–Crippen MR) is 76.9 cm³/mol. The molecule has 5 heteroatoms. The molecule has 2 aromatic rings.